The van der Waals surface area contributed by atoms with Crippen LogP contribution < -0.4 is 4.89 Å². The molecule has 3 atom stereocenters. The van der Waals surface area contributed by atoms with Crippen LogP contribution in [0.25, 0.3) is 0 Å². The lowest BCUT2D eigenvalue weighted by atomic mass is 10.0. The molecule has 0 heterocycles. The lowest BCUT2D eigenvalue weighted by Crippen LogP contribution is -2.21. The first kappa shape index (κ1) is 10.3. The average Bonchev–Trinajstić information content (AvgIpc) is 2.56. The molecule has 1 N–H and O–H groups in total. The molecule has 0 saturated carbocycles. The van der Waals surface area contributed by atoms with Gasteiger partial charge in [-0.1, -0.05) is 28.8 Å². The van der Waals surface area contributed by atoms with E-state index in [0.717, 1.165) is 5.56 Å². The van der Waals surface area contributed by atoms with Gasteiger partial charge in [0.15, 0.2) is 5.66 Å². The van der Waals surface area contributed by atoms with Crippen LogP contribution in [0.3, 0.4) is 0 Å². The molecular formula is C10H9O4P. The van der Waals surface area contributed by atoms with Crippen LogP contribution in [0, 0.1) is 0 Å². The number of carboxylic acid groups (broad SMARTS) is 1. The van der Waals surface area contributed by atoms with Gasteiger partial charge in [0.1, 0.15) is 5.92 Å². The second-order valence-corrected chi connectivity index (χ2v) is 4.81. The fraction of sp³-hybridized carbons (Fsp3) is 0.300. The van der Waals surface area contributed by atoms with Crippen molar-refractivity contribution >= 4 is 14.0 Å². The molecule has 1 aliphatic carbocycles. The standard InChI is InChI=1S/C10H9O4P/c11-10(12)9-7-4-2-1-3-6(7)5-8(9)15(13)14/h1-4,8-9H,5H2,(H,11,12). The van der Waals surface area contributed by atoms with Crippen molar-refractivity contribution in [1.29, 1.82) is 0 Å². The molecule has 0 bridgehead atoms. The van der Waals surface area contributed by atoms with Crippen molar-refractivity contribution in [2.24, 2.45) is 0 Å². The Balaban J connectivity index is 2.46. The zero-order valence-electron chi connectivity index (χ0n) is 7.79. The van der Waals surface area contributed by atoms with E-state index < -0.39 is 25.6 Å². The molecule has 1 aliphatic rings. The average molecular weight is 224 g/mol. The van der Waals surface area contributed by atoms with Gasteiger partial charge >= 0.3 is 14.0 Å². The van der Waals surface area contributed by atoms with Gasteiger partial charge in [-0.15, -0.1) is 0 Å². The summed E-state index contributed by atoms with van der Waals surface area (Å²) in [6.07, 6.45) is 0.311. The fourth-order valence-corrected chi connectivity index (χ4v) is 2.95. The summed E-state index contributed by atoms with van der Waals surface area (Å²) in [4.78, 5) is 22.0. The fourth-order valence-electron chi connectivity index (χ4n) is 2.07. The van der Waals surface area contributed by atoms with Gasteiger partial charge in [-0.2, -0.15) is 0 Å². The van der Waals surface area contributed by atoms with E-state index in [0.29, 0.717) is 12.0 Å². The Labute approximate surface area is 87.4 Å². The number of rotatable bonds is 2. The van der Waals surface area contributed by atoms with E-state index in [1.165, 1.54) is 0 Å². The maximum absolute atomic E-state index is 11.0. The van der Waals surface area contributed by atoms with E-state index in [-0.39, 0.29) is 0 Å². The first-order chi connectivity index (χ1) is 7.11. The van der Waals surface area contributed by atoms with Crippen LogP contribution in [-0.4, -0.2) is 16.7 Å². The van der Waals surface area contributed by atoms with E-state index in [9.17, 15) is 14.3 Å². The third-order valence-electron chi connectivity index (χ3n) is 2.74. The number of hydrogen-bond acceptors (Lipinski definition) is 3. The van der Waals surface area contributed by atoms with E-state index in [2.05, 4.69) is 0 Å². The summed E-state index contributed by atoms with van der Waals surface area (Å²) < 4.78 is 11.0. The van der Waals surface area contributed by atoms with Crippen molar-refractivity contribution in [2.75, 3.05) is 0 Å². The number of benzene rings is 1. The van der Waals surface area contributed by atoms with Gasteiger partial charge in [-0.3, -0.25) is 4.79 Å². The monoisotopic (exact) mass is 224 g/mol. The van der Waals surface area contributed by atoms with Crippen LogP contribution >= 0.6 is 8.03 Å². The summed E-state index contributed by atoms with van der Waals surface area (Å²) in [5.74, 6) is -1.97. The maximum Gasteiger partial charge on any atom is 0.315 e. The molecule has 0 radical (unpaired) electrons. The predicted molar refractivity (Wildman–Crippen MR) is 51.9 cm³/mol. The molecule has 78 valence electrons. The molecule has 2 rings (SSSR count). The van der Waals surface area contributed by atoms with E-state index in [4.69, 9.17) is 5.11 Å². The molecular weight excluding hydrogens is 215 g/mol. The SMILES string of the molecule is O=C(O)C1c2ccccc2CC1[P+](=O)[O-]. The molecule has 3 unspecified atom stereocenters. The van der Waals surface area contributed by atoms with Crippen LogP contribution in [0.4, 0.5) is 0 Å². The first-order valence-electron chi connectivity index (χ1n) is 4.55. The van der Waals surface area contributed by atoms with Gasteiger partial charge < -0.3 is 10.00 Å². The Morgan fingerprint density at radius 2 is 2.13 bits per heavy atom. The predicted octanol–water partition coefficient (Wildman–Crippen LogP) is 0.882. The molecule has 0 saturated heterocycles. The van der Waals surface area contributed by atoms with E-state index in [1.807, 2.05) is 0 Å². The Kier molecular flexibility index (Phi) is 2.55. The van der Waals surface area contributed by atoms with Crippen molar-refractivity contribution in [2.45, 2.75) is 18.0 Å². The van der Waals surface area contributed by atoms with Crippen molar-refractivity contribution in [3.8, 4) is 0 Å². The van der Waals surface area contributed by atoms with Crippen LogP contribution in [0.2, 0.25) is 0 Å². The maximum atomic E-state index is 11.0. The molecule has 0 spiro atoms. The number of hydrogen-bond donors (Lipinski definition) is 1. The quantitative estimate of drug-likeness (QED) is 0.756. The summed E-state index contributed by atoms with van der Waals surface area (Å²) >= 11 is 0. The highest BCUT2D eigenvalue weighted by atomic mass is 31.1. The van der Waals surface area contributed by atoms with Crippen LogP contribution in [0.15, 0.2) is 24.3 Å². The molecule has 15 heavy (non-hydrogen) atoms. The second kappa shape index (κ2) is 3.72. The lowest BCUT2D eigenvalue weighted by molar-refractivity contribution is -0.168. The van der Waals surface area contributed by atoms with Crippen molar-refractivity contribution in [3.63, 3.8) is 0 Å². The minimum atomic E-state index is -2.70. The van der Waals surface area contributed by atoms with Crippen LogP contribution in [0.5, 0.6) is 0 Å². The molecule has 1 aromatic rings. The summed E-state index contributed by atoms with van der Waals surface area (Å²) in [5, 5.41) is 9.01. The highest BCUT2D eigenvalue weighted by molar-refractivity contribution is 7.37. The van der Waals surface area contributed by atoms with Gasteiger partial charge in [-0.25, -0.2) is 0 Å². The topological polar surface area (TPSA) is 77.4 Å². The summed E-state index contributed by atoms with van der Waals surface area (Å²) in [6.45, 7) is 0. The van der Waals surface area contributed by atoms with E-state index >= 15 is 0 Å². The van der Waals surface area contributed by atoms with Crippen molar-refractivity contribution in [1.82, 2.24) is 0 Å². The third-order valence-corrected chi connectivity index (χ3v) is 3.76. The largest absolute Gasteiger partial charge is 0.595 e. The minimum Gasteiger partial charge on any atom is -0.595 e. The molecule has 0 aromatic heterocycles. The molecule has 0 aliphatic heterocycles. The summed E-state index contributed by atoms with van der Waals surface area (Å²) in [7, 11) is -2.70. The second-order valence-electron chi connectivity index (χ2n) is 3.57. The zero-order valence-corrected chi connectivity index (χ0v) is 8.68. The van der Waals surface area contributed by atoms with Gasteiger partial charge in [0.25, 0.3) is 0 Å². The van der Waals surface area contributed by atoms with Gasteiger partial charge in [-0.05, 0) is 11.1 Å². The van der Waals surface area contributed by atoms with Crippen LogP contribution in [0.1, 0.15) is 17.0 Å². The molecule has 0 fully saturated rings. The highest BCUT2D eigenvalue weighted by Gasteiger charge is 2.44. The highest BCUT2D eigenvalue weighted by Crippen LogP contribution is 2.42. The van der Waals surface area contributed by atoms with Crippen molar-refractivity contribution in [3.05, 3.63) is 35.4 Å². The number of carbonyl (C=O) groups is 1. The van der Waals surface area contributed by atoms with Gasteiger partial charge in [0.05, 0.1) is 0 Å². The Morgan fingerprint density at radius 1 is 1.47 bits per heavy atom. The zero-order chi connectivity index (χ0) is 11.0. The first-order valence-corrected chi connectivity index (χ1v) is 5.80. The number of carboxylic acids is 1. The molecule has 5 heteroatoms. The minimum absolute atomic E-state index is 0.311. The smallest absolute Gasteiger partial charge is 0.315 e. The molecule has 0 amide bonds. The number of fused-ring (bicyclic) bond motifs is 1. The lowest BCUT2D eigenvalue weighted by Gasteiger charge is -2.08. The van der Waals surface area contributed by atoms with Gasteiger partial charge in [0.2, 0.25) is 0 Å². The van der Waals surface area contributed by atoms with Gasteiger partial charge in [0, 0.05) is 6.42 Å². The third kappa shape index (κ3) is 1.66. The Bertz CT molecular complexity index is 429. The summed E-state index contributed by atoms with van der Waals surface area (Å²) in [6, 6.07) is 6.99. The van der Waals surface area contributed by atoms with Crippen LogP contribution in [-0.2, 0) is 15.8 Å². The summed E-state index contributed by atoms with van der Waals surface area (Å²) in [5.41, 5.74) is 0.665. The Morgan fingerprint density at radius 3 is 2.73 bits per heavy atom. The molecule has 4 nitrogen and oxygen atoms in total. The number of aliphatic carboxylic acids is 1. The Hall–Kier alpha value is -1.25. The van der Waals surface area contributed by atoms with E-state index in [1.54, 1.807) is 24.3 Å². The normalized spacial score (nSPS) is 24.7. The van der Waals surface area contributed by atoms with Crippen molar-refractivity contribution < 1.29 is 19.4 Å². The molecule has 1 aromatic carbocycles.